The largest absolute Gasteiger partial charge is 0.454 e. The van der Waals surface area contributed by atoms with E-state index < -0.39 is 17.5 Å². The van der Waals surface area contributed by atoms with Gasteiger partial charge in [0.2, 0.25) is 5.78 Å². The zero-order valence-corrected chi connectivity index (χ0v) is 18.0. The third-order valence-corrected chi connectivity index (χ3v) is 5.42. The molecule has 1 aliphatic heterocycles. The van der Waals surface area contributed by atoms with E-state index in [0.717, 1.165) is 36.9 Å². The molecular formula is C22H27N3O6. The molecule has 0 unspecified atom stereocenters. The van der Waals surface area contributed by atoms with Gasteiger partial charge in [-0.3, -0.25) is 14.9 Å². The lowest BCUT2D eigenvalue weighted by Gasteiger charge is -2.14. The highest BCUT2D eigenvalue weighted by molar-refractivity contribution is 6.00. The molecule has 166 valence electrons. The predicted octanol–water partition coefficient (Wildman–Crippen LogP) is 3.66. The van der Waals surface area contributed by atoms with Gasteiger partial charge >= 0.3 is 5.97 Å². The molecular weight excluding hydrogens is 402 g/mol. The molecule has 1 N–H and O–H groups in total. The highest BCUT2D eigenvalue weighted by Crippen LogP contribution is 2.26. The Morgan fingerprint density at radius 3 is 2.74 bits per heavy atom. The van der Waals surface area contributed by atoms with Gasteiger partial charge in [0.1, 0.15) is 5.69 Å². The second-order valence-electron chi connectivity index (χ2n) is 7.55. The Bertz CT molecular complexity index is 991. The van der Waals surface area contributed by atoms with Crippen LogP contribution in [0, 0.1) is 24.0 Å². The number of nitro groups is 1. The maximum absolute atomic E-state index is 12.7. The number of aryl methyl sites for hydroxylation is 1. The van der Waals surface area contributed by atoms with Gasteiger partial charge in [0, 0.05) is 42.7 Å². The van der Waals surface area contributed by atoms with Crippen LogP contribution in [0.25, 0.3) is 0 Å². The summed E-state index contributed by atoms with van der Waals surface area (Å²) in [6.07, 6.45) is 2.18. The molecule has 0 radical (unpaired) electrons. The second-order valence-corrected chi connectivity index (χ2v) is 7.55. The van der Waals surface area contributed by atoms with Crippen LogP contribution in [0.1, 0.15) is 51.9 Å². The van der Waals surface area contributed by atoms with E-state index in [1.54, 1.807) is 6.07 Å². The molecule has 1 saturated heterocycles. The molecule has 0 amide bonds. The number of hydrogen-bond acceptors (Lipinski definition) is 7. The van der Waals surface area contributed by atoms with E-state index in [2.05, 4.69) is 5.32 Å². The van der Waals surface area contributed by atoms with Crippen LogP contribution in [-0.2, 0) is 16.0 Å². The summed E-state index contributed by atoms with van der Waals surface area (Å²) in [6.45, 7) is 7.12. The molecule has 1 aromatic carbocycles. The van der Waals surface area contributed by atoms with Crippen molar-refractivity contribution in [2.24, 2.45) is 0 Å². The number of ketones is 1. The summed E-state index contributed by atoms with van der Waals surface area (Å²) in [5.74, 6) is -1.11. The van der Waals surface area contributed by atoms with E-state index in [1.165, 1.54) is 12.1 Å². The van der Waals surface area contributed by atoms with Gasteiger partial charge in [0.05, 0.1) is 16.6 Å². The quantitative estimate of drug-likeness (QED) is 0.280. The number of rotatable bonds is 9. The molecule has 31 heavy (non-hydrogen) atoms. The summed E-state index contributed by atoms with van der Waals surface area (Å²) >= 11 is 0. The van der Waals surface area contributed by atoms with Gasteiger partial charge in [-0.15, -0.1) is 0 Å². The molecule has 3 rings (SSSR count). The van der Waals surface area contributed by atoms with Crippen molar-refractivity contribution >= 4 is 23.1 Å². The molecule has 2 heterocycles. The minimum absolute atomic E-state index is 0.0185. The molecule has 9 nitrogen and oxygen atoms in total. The highest BCUT2D eigenvalue weighted by atomic mass is 16.6. The van der Waals surface area contributed by atoms with Crippen LogP contribution in [0.5, 0.6) is 0 Å². The van der Waals surface area contributed by atoms with E-state index in [-0.39, 0.29) is 23.1 Å². The van der Waals surface area contributed by atoms with Crippen LogP contribution in [0.15, 0.2) is 24.3 Å². The van der Waals surface area contributed by atoms with Crippen molar-refractivity contribution in [3.05, 3.63) is 56.9 Å². The Morgan fingerprint density at radius 2 is 2.10 bits per heavy atom. The summed E-state index contributed by atoms with van der Waals surface area (Å²) in [5.41, 5.74) is 2.36. The second kappa shape index (κ2) is 9.74. The Kier molecular flexibility index (Phi) is 7.06. The lowest BCUT2D eigenvalue weighted by molar-refractivity contribution is -0.384. The van der Waals surface area contributed by atoms with Crippen LogP contribution in [0.4, 0.5) is 11.4 Å². The molecule has 9 heteroatoms. The van der Waals surface area contributed by atoms with Gasteiger partial charge in [-0.2, -0.15) is 0 Å². The first kappa shape index (κ1) is 22.5. The minimum Gasteiger partial charge on any atom is -0.454 e. The van der Waals surface area contributed by atoms with Crippen molar-refractivity contribution in [2.45, 2.75) is 46.3 Å². The van der Waals surface area contributed by atoms with E-state index in [4.69, 9.17) is 9.47 Å². The number of Topliss-reactive ketones (excluding diaryl/α,β-unsaturated/α-hetero) is 1. The summed E-state index contributed by atoms with van der Waals surface area (Å²) in [4.78, 5) is 35.8. The fraction of sp³-hybridized carbons (Fsp3) is 0.455. The van der Waals surface area contributed by atoms with Crippen molar-refractivity contribution < 1.29 is 24.0 Å². The number of hydrogen-bond donors (Lipinski definition) is 1. The molecule has 1 atom stereocenters. The van der Waals surface area contributed by atoms with Gasteiger partial charge in [-0.05, 0) is 51.8 Å². The molecule has 0 aliphatic carbocycles. The van der Waals surface area contributed by atoms with E-state index in [9.17, 15) is 19.7 Å². The topological polar surface area (TPSA) is 113 Å². The molecule has 0 bridgehead atoms. The number of nitrogens with zero attached hydrogens (tertiary/aromatic N) is 2. The first-order chi connectivity index (χ1) is 14.8. The van der Waals surface area contributed by atoms with Crippen molar-refractivity contribution in [2.75, 3.05) is 25.1 Å². The van der Waals surface area contributed by atoms with Crippen LogP contribution in [0.3, 0.4) is 0 Å². The minimum atomic E-state index is -0.785. The average molecular weight is 429 g/mol. The maximum atomic E-state index is 12.7. The van der Waals surface area contributed by atoms with E-state index in [0.29, 0.717) is 24.3 Å². The molecule has 0 spiro atoms. The zero-order valence-electron chi connectivity index (χ0n) is 18.0. The van der Waals surface area contributed by atoms with Crippen LogP contribution in [0.2, 0.25) is 0 Å². The Hall–Kier alpha value is -3.20. The van der Waals surface area contributed by atoms with Gasteiger partial charge < -0.3 is 19.4 Å². The molecule has 1 fully saturated rings. The normalized spacial score (nSPS) is 15.6. The number of nitrogens with one attached hydrogen (secondary N) is 1. The van der Waals surface area contributed by atoms with Gasteiger partial charge in [-0.1, -0.05) is 0 Å². The Morgan fingerprint density at radius 1 is 1.32 bits per heavy atom. The van der Waals surface area contributed by atoms with Crippen LogP contribution >= 0.6 is 0 Å². The molecule has 1 aliphatic rings. The van der Waals surface area contributed by atoms with Gasteiger partial charge in [0.25, 0.3) is 5.69 Å². The number of ether oxygens (including phenoxy) is 2. The summed E-state index contributed by atoms with van der Waals surface area (Å²) < 4.78 is 12.9. The van der Waals surface area contributed by atoms with Crippen molar-refractivity contribution in [3.8, 4) is 0 Å². The number of benzene rings is 1. The predicted molar refractivity (Wildman–Crippen MR) is 115 cm³/mol. The summed E-state index contributed by atoms with van der Waals surface area (Å²) in [5, 5.41) is 14.1. The Balaban J connectivity index is 1.67. The number of anilines is 1. The Labute approximate surface area is 180 Å². The van der Waals surface area contributed by atoms with Gasteiger partial charge in [0.15, 0.2) is 6.61 Å². The lowest BCUT2D eigenvalue weighted by Crippen LogP contribution is -2.18. The first-order valence-corrected chi connectivity index (χ1v) is 10.3. The van der Waals surface area contributed by atoms with Crippen molar-refractivity contribution in [1.82, 2.24) is 4.57 Å². The third kappa shape index (κ3) is 5.11. The zero-order chi connectivity index (χ0) is 22.5. The van der Waals surface area contributed by atoms with E-state index >= 15 is 0 Å². The number of carbonyl (C=O) groups is 2. The fourth-order valence-corrected chi connectivity index (χ4v) is 3.80. The standard InChI is InChI=1S/C22H27N3O6/c1-4-23-19-8-7-16(11-20(19)25(28)29)22(27)31-13-21(26)18-10-14(2)24(15(18)3)12-17-6-5-9-30-17/h7-8,10-11,17,23H,4-6,9,12-13H2,1-3H3/t17-/m1/s1. The number of esters is 1. The molecule has 1 aromatic heterocycles. The third-order valence-electron chi connectivity index (χ3n) is 5.42. The summed E-state index contributed by atoms with van der Waals surface area (Å²) in [7, 11) is 0. The summed E-state index contributed by atoms with van der Waals surface area (Å²) in [6, 6.07) is 5.83. The van der Waals surface area contributed by atoms with Crippen LogP contribution < -0.4 is 5.32 Å². The van der Waals surface area contributed by atoms with Crippen molar-refractivity contribution in [1.29, 1.82) is 0 Å². The lowest BCUT2D eigenvalue weighted by atomic mass is 10.1. The first-order valence-electron chi connectivity index (χ1n) is 10.3. The van der Waals surface area contributed by atoms with Gasteiger partial charge in [-0.25, -0.2) is 4.79 Å². The highest BCUT2D eigenvalue weighted by Gasteiger charge is 2.23. The SMILES string of the molecule is CCNc1ccc(C(=O)OCC(=O)c2cc(C)n(C[C@H]3CCCO3)c2C)cc1[N+](=O)[O-]. The number of nitro benzene ring substituents is 1. The maximum Gasteiger partial charge on any atom is 0.338 e. The van der Waals surface area contributed by atoms with E-state index in [1.807, 2.05) is 25.3 Å². The molecule has 0 saturated carbocycles. The van der Waals surface area contributed by atoms with Crippen LogP contribution in [-0.4, -0.2) is 47.1 Å². The van der Waals surface area contributed by atoms with Crippen molar-refractivity contribution in [3.63, 3.8) is 0 Å². The fourth-order valence-electron chi connectivity index (χ4n) is 3.80. The molecule has 2 aromatic rings. The number of aromatic nitrogens is 1. The number of carbonyl (C=O) groups excluding carboxylic acids is 2. The average Bonchev–Trinajstić information content (AvgIpc) is 3.36. The smallest absolute Gasteiger partial charge is 0.338 e. The monoisotopic (exact) mass is 429 g/mol.